The number of nitrogens with zero attached hydrogens (tertiary/aromatic N) is 1. The molecule has 0 aliphatic carbocycles. The summed E-state index contributed by atoms with van der Waals surface area (Å²) in [7, 11) is 0. The van der Waals surface area contributed by atoms with Crippen LogP contribution in [0.2, 0.25) is 0 Å². The first kappa shape index (κ1) is 16.2. The highest BCUT2D eigenvalue weighted by Gasteiger charge is 2.30. The molecule has 0 radical (unpaired) electrons. The molecule has 110 valence electrons. The van der Waals surface area contributed by atoms with Gasteiger partial charge in [0, 0.05) is 17.6 Å². The minimum Gasteiger partial charge on any atom is -0.481 e. The number of hydrogen-bond acceptors (Lipinski definition) is 2. The molecule has 0 aromatic heterocycles. The van der Waals surface area contributed by atoms with E-state index in [1.165, 1.54) is 0 Å². The molecule has 1 aromatic carbocycles. The summed E-state index contributed by atoms with van der Waals surface area (Å²) in [6.45, 7) is 9.26. The fourth-order valence-electron chi connectivity index (χ4n) is 1.79. The molecule has 1 rings (SSSR count). The van der Waals surface area contributed by atoms with Gasteiger partial charge in [0.05, 0.1) is 5.92 Å². The van der Waals surface area contributed by atoms with Crippen LogP contribution in [0.5, 0.6) is 0 Å². The van der Waals surface area contributed by atoms with Crippen molar-refractivity contribution in [2.45, 2.75) is 34.6 Å². The van der Waals surface area contributed by atoms with Gasteiger partial charge >= 0.3 is 5.97 Å². The van der Waals surface area contributed by atoms with E-state index in [1.54, 1.807) is 11.8 Å². The number of rotatable bonds is 4. The Morgan fingerprint density at radius 3 is 2.10 bits per heavy atom. The molecule has 0 spiro atoms. The summed E-state index contributed by atoms with van der Waals surface area (Å²) < 4.78 is 0. The average Bonchev–Trinajstić information content (AvgIpc) is 2.34. The molecular formula is C16H23NO3. The minimum absolute atomic E-state index is 0.0746. The lowest BCUT2D eigenvalue weighted by Crippen LogP contribution is -2.43. The van der Waals surface area contributed by atoms with Gasteiger partial charge in [-0.25, -0.2) is 0 Å². The molecular weight excluding hydrogens is 254 g/mol. The topological polar surface area (TPSA) is 57.6 Å². The van der Waals surface area contributed by atoms with Crippen LogP contribution < -0.4 is 4.90 Å². The maximum atomic E-state index is 12.5. The molecule has 1 aromatic rings. The Labute approximate surface area is 120 Å². The van der Waals surface area contributed by atoms with Gasteiger partial charge in [0.25, 0.3) is 0 Å². The zero-order valence-electron chi connectivity index (χ0n) is 12.8. The Bertz CT molecular complexity index is 485. The normalized spacial score (nSPS) is 12.8. The molecule has 0 aliphatic rings. The van der Waals surface area contributed by atoms with E-state index in [1.807, 2.05) is 52.0 Å². The van der Waals surface area contributed by atoms with Crippen LogP contribution in [0, 0.1) is 18.3 Å². The minimum atomic E-state index is -0.899. The number of carbonyl (C=O) groups excluding carboxylic acids is 1. The molecule has 0 heterocycles. The standard InChI is InChI=1S/C16H23NO3/c1-11-6-8-13(9-7-11)17(10-12(2)14(18)19)15(20)16(3,4)5/h6-9,12H,10H2,1-5H3,(H,18,19). The van der Waals surface area contributed by atoms with Crippen LogP contribution in [0.3, 0.4) is 0 Å². The zero-order chi connectivity index (χ0) is 15.5. The van der Waals surface area contributed by atoms with E-state index in [4.69, 9.17) is 5.11 Å². The Hall–Kier alpha value is -1.84. The number of carbonyl (C=O) groups is 2. The zero-order valence-corrected chi connectivity index (χ0v) is 12.8. The smallest absolute Gasteiger partial charge is 0.308 e. The second kappa shape index (κ2) is 6.07. The number of carboxylic acid groups (broad SMARTS) is 1. The predicted molar refractivity (Wildman–Crippen MR) is 79.8 cm³/mol. The van der Waals surface area contributed by atoms with E-state index >= 15 is 0 Å². The van der Waals surface area contributed by atoms with Crippen molar-refractivity contribution in [1.82, 2.24) is 0 Å². The van der Waals surface area contributed by atoms with Crippen molar-refractivity contribution in [1.29, 1.82) is 0 Å². The van der Waals surface area contributed by atoms with Crippen molar-refractivity contribution >= 4 is 17.6 Å². The van der Waals surface area contributed by atoms with Gasteiger partial charge in [-0.05, 0) is 19.1 Å². The molecule has 0 saturated heterocycles. The molecule has 1 amide bonds. The highest BCUT2D eigenvalue weighted by atomic mass is 16.4. The van der Waals surface area contributed by atoms with E-state index in [2.05, 4.69) is 0 Å². The van der Waals surface area contributed by atoms with Crippen molar-refractivity contribution < 1.29 is 14.7 Å². The van der Waals surface area contributed by atoms with Crippen molar-refractivity contribution in [3.8, 4) is 0 Å². The largest absolute Gasteiger partial charge is 0.481 e. The van der Waals surface area contributed by atoms with Crippen LogP contribution in [-0.4, -0.2) is 23.5 Å². The van der Waals surface area contributed by atoms with Crippen molar-refractivity contribution in [2.75, 3.05) is 11.4 Å². The first-order chi connectivity index (χ1) is 9.12. The lowest BCUT2D eigenvalue weighted by molar-refractivity contribution is -0.140. The molecule has 4 nitrogen and oxygen atoms in total. The van der Waals surface area contributed by atoms with Gasteiger partial charge in [-0.3, -0.25) is 9.59 Å². The van der Waals surface area contributed by atoms with E-state index < -0.39 is 17.3 Å². The van der Waals surface area contributed by atoms with Crippen LogP contribution in [0.25, 0.3) is 0 Å². The lowest BCUT2D eigenvalue weighted by atomic mass is 9.93. The summed E-state index contributed by atoms with van der Waals surface area (Å²) >= 11 is 0. The van der Waals surface area contributed by atoms with Crippen molar-refractivity contribution in [3.05, 3.63) is 29.8 Å². The molecule has 20 heavy (non-hydrogen) atoms. The number of carboxylic acids is 1. The number of aliphatic carboxylic acids is 1. The Kier molecular flexibility index (Phi) is 4.93. The second-order valence-electron chi connectivity index (χ2n) is 6.24. The van der Waals surface area contributed by atoms with Crippen molar-refractivity contribution in [2.24, 2.45) is 11.3 Å². The molecule has 0 aliphatic heterocycles. The van der Waals surface area contributed by atoms with Crippen LogP contribution >= 0.6 is 0 Å². The SMILES string of the molecule is Cc1ccc(N(CC(C)C(=O)O)C(=O)C(C)(C)C)cc1. The summed E-state index contributed by atoms with van der Waals surface area (Å²) in [5.74, 6) is -1.58. The lowest BCUT2D eigenvalue weighted by Gasteiger charge is -2.31. The van der Waals surface area contributed by atoms with Crippen LogP contribution in [0.4, 0.5) is 5.69 Å². The second-order valence-corrected chi connectivity index (χ2v) is 6.24. The van der Waals surface area contributed by atoms with Gasteiger partial charge < -0.3 is 10.0 Å². The Balaban J connectivity index is 3.10. The molecule has 1 unspecified atom stereocenters. The monoisotopic (exact) mass is 277 g/mol. The summed E-state index contributed by atoms with van der Waals surface area (Å²) in [5, 5.41) is 9.07. The van der Waals surface area contributed by atoms with Gasteiger partial charge in [0.2, 0.25) is 5.91 Å². The fourth-order valence-corrected chi connectivity index (χ4v) is 1.79. The maximum Gasteiger partial charge on any atom is 0.308 e. The molecule has 0 bridgehead atoms. The number of anilines is 1. The molecule has 1 atom stereocenters. The van der Waals surface area contributed by atoms with E-state index in [0.29, 0.717) is 0 Å². The summed E-state index contributed by atoms with van der Waals surface area (Å²) in [6, 6.07) is 7.55. The molecule has 0 saturated carbocycles. The third-order valence-electron chi connectivity index (χ3n) is 3.11. The summed E-state index contributed by atoms with van der Waals surface area (Å²) in [5.41, 5.74) is 1.29. The van der Waals surface area contributed by atoms with Gasteiger partial charge in [-0.15, -0.1) is 0 Å². The van der Waals surface area contributed by atoms with Gasteiger partial charge in [0.1, 0.15) is 0 Å². The maximum absolute atomic E-state index is 12.5. The first-order valence-electron chi connectivity index (χ1n) is 6.74. The van der Waals surface area contributed by atoms with Crippen LogP contribution in [-0.2, 0) is 9.59 Å². The van der Waals surface area contributed by atoms with Gasteiger partial charge in [-0.1, -0.05) is 45.4 Å². The average molecular weight is 277 g/mol. The third-order valence-corrected chi connectivity index (χ3v) is 3.11. The number of benzene rings is 1. The Morgan fingerprint density at radius 1 is 1.20 bits per heavy atom. The molecule has 4 heteroatoms. The Morgan fingerprint density at radius 2 is 1.70 bits per heavy atom. The van der Waals surface area contributed by atoms with Crippen LogP contribution in [0.15, 0.2) is 24.3 Å². The first-order valence-corrected chi connectivity index (χ1v) is 6.74. The fraction of sp³-hybridized carbons (Fsp3) is 0.500. The van der Waals surface area contributed by atoms with E-state index in [9.17, 15) is 9.59 Å². The van der Waals surface area contributed by atoms with Crippen LogP contribution in [0.1, 0.15) is 33.3 Å². The third kappa shape index (κ3) is 4.08. The van der Waals surface area contributed by atoms with Crippen molar-refractivity contribution in [3.63, 3.8) is 0 Å². The molecule has 0 fully saturated rings. The highest BCUT2D eigenvalue weighted by Crippen LogP contribution is 2.24. The van der Waals surface area contributed by atoms with Gasteiger partial charge in [-0.2, -0.15) is 0 Å². The molecule has 1 N–H and O–H groups in total. The highest BCUT2D eigenvalue weighted by molar-refractivity contribution is 5.97. The summed E-state index contributed by atoms with van der Waals surface area (Å²) in [4.78, 5) is 25.2. The summed E-state index contributed by atoms with van der Waals surface area (Å²) in [6.07, 6.45) is 0. The number of amides is 1. The van der Waals surface area contributed by atoms with E-state index in [0.717, 1.165) is 11.3 Å². The number of hydrogen-bond donors (Lipinski definition) is 1. The quantitative estimate of drug-likeness (QED) is 0.920. The van der Waals surface area contributed by atoms with Gasteiger partial charge in [0.15, 0.2) is 0 Å². The van der Waals surface area contributed by atoms with E-state index in [-0.39, 0.29) is 12.5 Å². The predicted octanol–water partition coefficient (Wildman–Crippen LogP) is 3.09. The number of aryl methyl sites for hydroxylation is 1.